The van der Waals surface area contributed by atoms with E-state index >= 15 is 0 Å². The highest BCUT2D eigenvalue weighted by Gasteiger charge is 2.15. The van der Waals surface area contributed by atoms with Crippen LogP contribution in [0.3, 0.4) is 0 Å². The lowest BCUT2D eigenvalue weighted by Gasteiger charge is -2.13. The zero-order valence-corrected chi connectivity index (χ0v) is 13.7. The van der Waals surface area contributed by atoms with Crippen molar-refractivity contribution in [3.8, 4) is 5.75 Å². The zero-order chi connectivity index (χ0) is 13.8. The van der Waals surface area contributed by atoms with Crippen LogP contribution >= 0.6 is 31.9 Å². The van der Waals surface area contributed by atoms with Gasteiger partial charge in [0, 0.05) is 5.56 Å². The van der Waals surface area contributed by atoms with Crippen LogP contribution in [0.25, 0.3) is 0 Å². The summed E-state index contributed by atoms with van der Waals surface area (Å²) in [5.74, 6) is 0.837. The van der Waals surface area contributed by atoms with Crippen molar-refractivity contribution in [1.29, 1.82) is 0 Å². The monoisotopic (exact) mass is 387 g/mol. The summed E-state index contributed by atoms with van der Waals surface area (Å²) in [5.41, 5.74) is 8.15. The van der Waals surface area contributed by atoms with E-state index in [0.29, 0.717) is 11.3 Å². The van der Waals surface area contributed by atoms with Gasteiger partial charge >= 0.3 is 0 Å². The maximum Gasteiger partial charge on any atom is 0.174 e. The second-order valence-electron chi connectivity index (χ2n) is 4.17. The molecule has 2 aromatic rings. The third kappa shape index (κ3) is 3.41. The summed E-state index contributed by atoms with van der Waals surface area (Å²) in [6, 6.07) is 7.52. The summed E-state index contributed by atoms with van der Waals surface area (Å²) in [7, 11) is 0. The number of rotatable bonds is 5. The molecule has 2 N–H and O–H groups in total. The van der Waals surface area contributed by atoms with E-state index in [1.807, 2.05) is 24.3 Å². The highest BCUT2D eigenvalue weighted by atomic mass is 79.9. The Bertz CT molecular complexity index is 554. The van der Waals surface area contributed by atoms with Crippen molar-refractivity contribution in [3.63, 3.8) is 0 Å². The third-order valence-corrected chi connectivity index (χ3v) is 4.02. The van der Waals surface area contributed by atoms with E-state index in [9.17, 15) is 0 Å². The van der Waals surface area contributed by atoms with Crippen molar-refractivity contribution in [2.24, 2.45) is 5.73 Å². The third-order valence-electron chi connectivity index (χ3n) is 2.76. The molecule has 1 heterocycles. The van der Waals surface area contributed by atoms with E-state index in [1.165, 1.54) is 0 Å². The van der Waals surface area contributed by atoms with Crippen molar-refractivity contribution in [1.82, 2.24) is 0 Å². The standard InChI is InChI=1S/C14H15Br2NO2/c1-2-6-18-12-4-3-9(8-11(12)15)13(17)10-5-7-19-14(10)16/h3-5,7-8,13H,2,6,17H2,1H3. The fourth-order valence-electron chi connectivity index (χ4n) is 1.75. The van der Waals surface area contributed by atoms with Gasteiger partial charge in [-0.25, -0.2) is 0 Å². The second-order valence-corrected chi connectivity index (χ2v) is 5.74. The number of furan rings is 1. The van der Waals surface area contributed by atoms with Gasteiger partial charge in [0.15, 0.2) is 4.67 Å². The Morgan fingerprint density at radius 2 is 2.11 bits per heavy atom. The number of hydrogen-bond acceptors (Lipinski definition) is 3. The normalized spacial score (nSPS) is 12.4. The molecule has 0 radical (unpaired) electrons. The summed E-state index contributed by atoms with van der Waals surface area (Å²) < 4.78 is 12.4. The van der Waals surface area contributed by atoms with Crippen LogP contribution < -0.4 is 10.5 Å². The number of nitrogens with two attached hydrogens (primary N) is 1. The predicted molar refractivity (Wildman–Crippen MR) is 82.4 cm³/mol. The average Bonchev–Trinajstić information content (AvgIpc) is 2.82. The number of ether oxygens (including phenoxy) is 1. The van der Waals surface area contributed by atoms with Crippen molar-refractivity contribution >= 4 is 31.9 Å². The minimum Gasteiger partial charge on any atom is -0.492 e. The van der Waals surface area contributed by atoms with Gasteiger partial charge < -0.3 is 14.9 Å². The summed E-state index contributed by atoms with van der Waals surface area (Å²) >= 11 is 6.86. The molecule has 0 aliphatic rings. The summed E-state index contributed by atoms with van der Waals surface area (Å²) in [6.45, 7) is 2.78. The molecule has 3 nitrogen and oxygen atoms in total. The zero-order valence-electron chi connectivity index (χ0n) is 10.5. The molecule has 0 saturated carbocycles. The lowest BCUT2D eigenvalue weighted by Crippen LogP contribution is -2.11. The first kappa shape index (κ1) is 14.6. The first-order valence-corrected chi connectivity index (χ1v) is 7.62. The van der Waals surface area contributed by atoms with Crippen LogP contribution in [0.2, 0.25) is 0 Å². The van der Waals surface area contributed by atoms with Crippen molar-refractivity contribution in [2.45, 2.75) is 19.4 Å². The molecule has 102 valence electrons. The van der Waals surface area contributed by atoms with Crippen molar-refractivity contribution in [3.05, 3.63) is 50.8 Å². The Balaban J connectivity index is 2.22. The highest BCUT2D eigenvalue weighted by molar-refractivity contribution is 9.10. The molecule has 1 aromatic carbocycles. The minimum absolute atomic E-state index is 0.232. The Kier molecular flexibility index (Phi) is 5.07. The van der Waals surface area contributed by atoms with Gasteiger partial charge in [-0.15, -0.1) is 0 Å². The van der Waals surface area contributed by atoms with Gasteiger partial charge in [0.1, 0.15) is 5.75 Å². The number of hydrogen-bond donors (Lipinski definition) is 1. The summed E-state index contributed by atoms with van der Waals surface area (Å²) in [4.78, 5) is 0. The molecule has 0 fully saturated rings. The molecule has 1 unspecified atom stereocenters. The van der Waals surface area contributed by atoms with Gasteiger partial charge in [-0.2, -0.15) is 0 Å². The largest absolute Gasteiger partial charge is 0.492 e. The quantitative estimate of drug-likeness (QED) is 0.811. The van der Waals surface area contributed by atoms with Crippen LogP contribution in [-0.2, 0) is 0 Å². The highest BCUT2D eigenvalue weighted by Crippen LogP contribution is 2.32. The molecule has 0 saturated heterocycles. The van der Waals surface area contributed by atoms with Crippen LogP contribution in [0.1, 0.15) is 30.5 Å². The fourth-order valence-corrected chi connectivity index (χ4v) is 2.74. The SMILES string of the molecule is CCCOc1ccc(C(N)c2ccoc2Br)cc1Br. The Morgan fingerprint density at radius 1 is 1.32 bits per heavy atom. The molecule has 1 atom stereocenters. The predicted octanol–water partition coefficient (Wildman–Crippen LogP) is 4.64. The minimum atomic E-state index is -0.232. The maximum atomic E-state index is 6.23. The van der Waals surface area contributed by atoms with Crippen LogP contribution in [0.5, 0.6) is 5.75 Å². The van der Waals surface area contributed by atoms with Gasteiger partial charge in [-0.05, 0) is 62.0 Å². The summed E-state index contributed by atoms with van der Waals surface area (Å²) in [5, 5.41) is 0. The van der Waals surface area contributed by atoms with Gasteiger partial charge in [0.2, 0.25) is 0 Å². The molecule has 19 heavy (non-hydrogen) atoms. The van der Waals surface area contributed by atoms with Crippen molar-refractivity contribution < 1.29 is 9.15 Å². The first-order chi connectivity index (χ1) is 9.13. The lowest BCUT2D eigenvalue weighted by molar-refractivity contribution is 0.315. The molecule has 0 aliphatic carbocycles. The van der Waals surface area contributed by atoms with E-state index in [-0.39, 0.29) is 6.04 Å². The van der Waals surface area contributed by atoms with Gasteiger partial charge in [-0.3, -0.25) is 0 Å². The molecular formula is C14H15Br2NO2. The average molecular weight is 389 g/mol. The van der Waals surface area contributed by atoms with Gasteiger partial charge in [0.25, 0.3) is 0 Å². The van der Waals surface area contributed by atoms with E-state index in [2.05, 4.69) is 38.8 Å². The fraction of sp³-hybridized carbons (Fsp3) is 0.286. The van der Waals surface area contributed by atoms with E-state index < -0.39 is 0 Å². The Labute approximate surface area is 129 Å². The summed E-state index contributed by atoms with van der Waals surface area (Å²) in [6.07, 6.45) is 2.60. The lowest BCUT2D eigenvalue weighted by atomic mass is 10.0. The Morgan fingerprint density at radius 3 is 2.68 bits per heavy atom. The van der Waals surface area contributed by atoms with E-state index in [0.717, 1.165) is 27.8 Å². The van der Waals surface area contributed by atoms with Crippen LogP contribution in [0.4, 0.5) is 0 Å². The van der Waals surface area contributed by atoms with Gasteiger partial charge in [-0.1, -0.05) is 13.0 Å². The topological polar surface area (TPSA) is 48.4 Å². The molecule has 0 amide bonds. The number of halogens is 2. The molecule has 0 bridgehead atoms. The Hall–Kier alpha value is -0.780. The van der Waals surface area contributed by atoms with Crippen LogP contribution in [0, 0.1) is 0 Å². The molecule has 2 rings (SSSR count). The molecule has 0 aliphatic heterocycles. The molecule has 1 aromatic heterocycles. The second kappa shape index (κ2) is 6.59. The van der Waals surface area contributed by atoms with E-state index in [4.69, 9.17) is 14.9 Å². The molecule has 0 spiro atoms. The van der Waals surface area contributed by atoms with E-state index in [1.54, 1.807) is 6.26 Å². The maximum absolute atomic E-state index is 6.23. The molecular weight excluding hydrogens is 374 g/mol. The van der Waals surface area contributed by atoms with Gasteiger partial charge in [0.05, 0.1) is 23.4 Å². The first-order valence-electron chi connectivity index (χ1n) is 6.04. The van der Waals surface area contributed by atoms with Crippen molar-refractivity contribution in [2.75, 3.05) is 6.61 Å². The smallest absolute Gasteiger partial charge is 0.174 e. The van der Waals surface area contributed by atoms with Crippen LogP contribution in [-0.4, -0.2) is 6.61 Å². The molecule has 5 heteroatoms. The number of benzene rings is 1. The van der Waals surface area contributed by atoms with Crippen LogP contribution in [0.15, 0.2) is 44.1 Å².